The van der Waals surface area contributed by atoms with E-state index in [4.69, 9.17) is 18.6 Å². The lowest BCUT2D eigenvalue weighted by Crippen LogP contribution is -2.46. The summed E-state index contributed by atoms with van der Waals surface area (Å²) >= 11 is 6.44. The van der Waals surface area contributed by atoms with Crippen LogP contribution in [-0.4, -0.2) is 66.3 Å². The van der Waals surface area contributed by atoms with Crippen molar-refractivity contribution in [1.82, 2.24) is 0 Å². The molecule has 0 amide bonds. The van der Waals surface area contributed by atoms with E-state index in [1.54, 1.807) is 0 Å². The van der Waals surface area contributed by atoms with Crippen LogP contribution in [0.1, 0.15) is 60.3 Å². The third-order valence-electron chi connectivity index (χ3n) is 6.44. The Hall–Kier alpha value is 1.11. The maximum Gasteiger partial charge on any atom is 0.192 e. The zero-order chi connectivity index (χ0) is 22.0. The quantitative estimate of drug-likeness (QED) is 0.259. The van der Waals surface area contributed by atoms with Crippen molar-refractivity contribution in [3.8, 4) is 0 Å². The van der Waals surface area contributed by atoms with Crippen LogP contribution in [0.4, 0.5) is 0 Å². The summed E-state index contributed by atoms with van der Waals surface area (Å²) in [5.41, 5.74) is 0. The fourth-order valence-corrected chi connectivity index (χ4v) is 10.5. The van der Waals surface area contributed by atoms with Gasteiger partial charge >= 0.3 is 0 Å². The molecule has 4 nitrogen and oxygen atoms in total. The molecule has 3 atom stereocenters. The molecule has 30 heavy (non-hydrogen) atoms. The van der Waals surface area contributed by atoms with E-state index in [1.165, 1.54) is 30.1 Å². The van der Waals surface area contributed by atoms with Crippen molar-refractivity contribution in [2.45, 2.75) is 106 Å². The van der Waals surface area contributed by atoms with Crippen molar-refractivity contribution >= 4 is 43.6 Å². The molecule has 0 aromatic carbocycles. The SMILES string of the molecule is CC1(C)OC[C@H](C[C@@H](CC2(SCC[C@@H]3CO3)SCCCS2)O[Si](C)(C)C(C)(C)C)O1. The largest absolute Gasteiger partial charge is 0.414 e. The minimum atomic E-state index is -1.88. The summed E-state index contributed by atoms with van der Waals surface area (Å²) in [6.45, 7) is 17.4. The number of thioether (sulfide) groups is 3. The van der Waals surface area contributed by atoms with Crippen LogP contribution in [0.2, 0.25) is 18.1 Å². The maximum atomic E-state index is 7.04. The average molecular weight is 495 g/mol. The van der Waals surface area contributed by atoms with Crippen molar-refractivity contribution in [1.29, 1.82) is 0 Å². The van der Waals surface area contributed by atoms with Gasteiger partial charge in [0.1, 0.15) is 3.41 Å². The second-order valence-electron chi connectivity index (χ2n) is 10.7. The summed E-state index contributed by atoms with van der Waals surface area (Å²) in [6, 6.07) is 0. The molecular weight excluding hydrogens is 453 g/mol. The Morgan fingerprint density at radius 3 is 2.33 bits per heavy atom. The first kappa shape index (κ1) is 25.7. The molecule has 176 valence electrons. The predicted octanol–water partition coefficient (Wildman–Crippen LogP) is 6.35. The highest BCUT2D eigenvalue weighted by Crippen LogP contribution is 2.55. The Morgan fingerprint density at radius 1 is 1.13 bits per heavy atom. The molecule has 0 unspecified atom stereocenters. The van der Waals surface area contributed by atoms with E-state index in [-0.39, 0.29) is 20.7 Å². The van der Waals surface area contributed by atoms with Gasteiger partial charge < -0.3 is 18.6 Å². The van der Waals surface area contributed by atoms with Gasteiger partial charge in [0.25, 0.3) is 0 Å². The van der Waals surface area contributed by atoms with E-state index < -0.39 is 14.1 Å². The van der Waals surface area contributed by atoms with Gasteiger partial charge in [0.15, 0.2) is 14.1 Å². The van der Waals surface area contributed by atoms with Crippen LogP contribution < -0.4 is 0 Å². The van der Waals surface area contributed by atoms with Crippen molar-refractivity contribution < 1.29 is 18.6 Å². The van der Waals surface area contributed by atoms with E-state index in [0.717, 1.165) is 19.4 Å². The third kappa shape index (κ3) is 7.57. The Bertz CT molecular complexity index is 557. The average Bonchev–Trinajstić information content (AvgIpc) is 3.37. The fraction of sp³-hybridized carbons (Fsp3) is 1.00. The van der Waals surface area contributed by atoms with Gasteiger partial charge in [-0.2, -0.15) is 0 Å². The minimum Gasteiger partial charge on any atom is -0.414 e. The van der Waals surface area contributed by atoms with Crippen LogP contribution in [0, 0.1) is 0 Å². The summed E-state index contributed by atoms with van der Waals surface area (Å²) < 4.78 is 24.7. The van der Waals surface area contributed by atoms with E-state index in [0.29, 0.717) is 12.7 Å². The standard InChI is InChI=1S/C22H42O4S3Si/c1-20(2,3)30(6,7)26-18(13-19-16-24-21(4,5)25-19)14-22(27-10-8-11-28-22)29-12-9-17-15-23-17/h17-19H,8-16H2,1-7H3/t17-,18+,19+/m1/s1. The molecule has 8 heteroatoms. The summed E-state index contributed by atoms with van der Waals surface area (Å²) in [7, 11) is -1.88. The number of hydrogen-bond acceptors (Lipinski definition) is 7. The summed E-state index contributed by atoms with van der Waals surface area (Å²) in [5, 5.41) is 0.202. The first-order valence-electron chi connectivity index (χ1n) is 11.4. The van der Waals surface area contributed by atoms with Crippen molar-refractivity contribution in [3.63, 3.8) is 0 Å². The number of epoxide rings is 1. The van der Waals surface area contributed by atoms with Gasteiger partial charge in [0.2, 0.25) is 0 Å². The lowest BCUT2D eigenvalue weighted by Gasteiger charge is -2.43. The summed E-state index contributed by atoms with van der Waals surface area (Å²) in [4.78, 5) is 0. The number of ether oxygens (including phenoxy) is 3. The minimum absolute atomic E-state index is 0.121. The molecule has 3 heterocycles. The van der Waals surface area contributed by atoms with Crippen molar-refractivity contribution in [2.24, 2.45) is 0 Å². The molecule has 0 aliphatic carbocycles. The zero-order valence-corrected chi connectivity index (χ0v) is 23.4. The lowest BCUT2D eigenvalue weighted by atomic mass is 10.1. The number of rotatable bonds is 10. The molecule has 0 saturated carbocycles. The lowest BCUT2D eigenvalue weighted by molar-refractivity contribution is -0.141. The molecule has 3 fully saturated rings. The van der Waals surface area contributed by atoms with Gasteiger partial charge in [0, 0.05) is 12.8 Å². The first-order chi connectivity index (χ1) is 13.9. The Kier molecular flexibility index (Phi) is 8.71. The molecule has 3 aliphatic rings. The Morgan fingerprint density at radius 2 is 1.80 bits per heavy atom. The second-order valence-corrected chi connectivity index (χ2v) is 20.4. The van der Waals surface area contributed by atoms with Crippen LogP contribution in [0.25, 0.3) is 0 Å². The van der Waals surface area contributed by atoms with E-state index in [2.05, 4.69) is 69.2 Å². The third-order valence-corrected chi connectivity index (χ3v) is 16.3. The molecule has 0 spiro atoms. The number of hydrogen-bond donors (Lipinski definition) is 0. The summed E-state index contributed by atoms with van der Waals surface area (Å²) in [6.07, 6.45) is 5.32. The van der Waals surface area contributed by atoms with Crippen LogP contribution in [0.15, 0.2) is 0 Å². The monoisotopic (exact) mass is 494 g/mol. The van der Waals surface area contributed by atoms with E-state index in [9.17, 15) is 0 Å². The molecule has 0 aromatic heterocycles. The molecule has 0 radical (unpaired) electrons. The highest BCUT2D eigenvalue weighted by atomic mass is 32.3. The fourth-order valence-electron chi connectivity index (χ4n) is 3.61. The van der Waals surface area contributed by atoms with Gasteiger partial charge in [-0.1, -0.05) is 20.8 Å². The maximum absolute atomic E-state index is 7.04. The molecule has 3 aliphatic heterocycles. The predicted molar refractivity (Wildman–Crippen MR) is 135 cm³/mol. The van der Waals surface area contributed by atoms with Crippen LogP contribution in [-0.2, 0) is 18.6 Å². The Balaban J connectivity index is 1.70. The van der Waals surface area contributed by atoms with Crippen molar-refractivity contribution in [2.75, 3.05) is 30.5 Å². The van der Waals surface area contributed by atoms with Crippen LogP contribution in [0.5, 0.6) is 0 Å². The smallest absolute Gasteiger partial charge is 0.192 e. The molecular formula is C22H42O4S3Si. The first-order valence-corrected chi connectivity index (χ1v) is 17.3. The van der Waals surface area contributed by atoms with Gasteiger partial charge in [-0.05, 0) is 62.1 Å². The highest BCUT2D eigenvalue weighted by Gasteiger charge is 2.45. The van der Waals surface area contributed by atoms with Crippen LogP contribution in [0.3, 0.4) is 0 Å². The highest BCUT2D eigenvalue weighted by molar-refractivity contribution is 8.34. The second kappa shape index (κ2) is 10.2. The molecule has 0 bridgehead atoms. The normalized spacial score (nSPS) is 29.7. The van der Waals surface area contributed by atoms with E-state index >= 15 is 0 Å². The summed E-state index contributed by atoms with van der Waals surface area (Å²) in [5.74, 6) is 3.20. The van der Waals surface area contributed by atoms with Crippen molar-refractivity contribution in [3.05, 3.63) is 0 Å². The topological polar surface area (TPSA) is 40.2 Å². The zero-order valence-electron chi connectivity index (χ0n) is 20.0. The molecule has 3 saturated heterocycles. The van der Waals surface area contributed by atoms with Gasteiger partial charge in [-0.25, -0.2) is 0 Å². The molecule has 3 rings (SSSR count). The van der Waals surface area contributed by atoms with Gasteiger partial charge in [-0.15, -0.1) is 35.3 Å². The van der Waals surface area contributed by atoms with Crippen LogP contribution >= 0.6 is 35.3 Å². The molecule has 0 N–H and O–H groups in total. The van der Waals surface area contributed by atoms with E-state index in [1.807, 2.05) is 13.8 Å². The Labute approximate surface area is 198 Å². The van der Waals surface area contributed by atoms with Gasteiger partial charge in [0.05, 0.1) is 31.5 Å². The molecule has 0 aromatic rings. The van der Waals surface area contributed by atoms with Gasteiger partial charge in [-0.3, -0.25) is 0 Å².